The summed E-state index contributed by atoms with van der Waals surface area (Å²) in [5.41, 5.74) is 1.59. The summed E-state index contributed by atoms with van der Waals surface area (Å²) < 4.78 is 4.73. The molecule has 0 spiro atoms. The van der Waals surface area contributed by atoms with E-state index in [2.05, 4.69) is 28.6 Å². The fourth-order valence-corrected chi connectivity index (χ4v) is 2.71. The Morgan fingerprint density at radius 1 is 1.24 bits per heavy atom. The minimum absolute atomic E-state index is 0.328. The molecule has 0 radical (unpaired) electrons. The van der Waals surface area contributed by atoms with Crippen LogP contribution in [0.4, 0.5) is 0 Å². The Hall–Kier alpha value is -1.46. The topological polar surface area (TPSA) is 45.7 Å². The van der Waals surface area contributed by atoms with E-state index in [-0.39, 0.29) is 5.97 Å². The lowest BCUT2D eigenvalue weighted by Gasteiger charge is -2.35. The van der Waals surface area contributed by atoms with Crippen molar-refractivity contribution in [2.45, 2.75) is 20.4 Å². The van der Waals surface area contributed by atoms with Crippen LogP contribution in [0.25, 0.3) is 0 Å². The summed E-state index contributed by atoms with van der Waals surface area (Å²) in [7, 11) is 1.39. The van der Waals surface area contributed by atoms with Gasteiger partial charge in [-0.2, -0.15) is 0 Å². The first-order valence-corrected chi connectivity index (χ1v) is 7.55. The summed E-state index contributed by atoms with van der Waals surface area (Å²) in [5.74, 6) is 0.392. The Kier molecular flexibility index (Phi) is 5.70. The Balaban J connectivity index is 1.87. The predicted octanol–water partition coefficient (Wildman–Crippen LogP) is 1.64. The molecule has 0 amide bonds. The fourth-order valence-electron chi connectivity index (χ4n) is 2.71. The van der Waals surface area contributed by atoms with E-state index in [1.165, 1.54) is 13.7 Å². The van der Waals surface area contributed by atoms with Crippen LogP contribution in [0, 0.1) is 5.92 Å². The van der Waals surface area contributed by atoms with E-state index in [1.54, 1.807) is 6.20 Å². The minimum Gasteiger partial charge on any atom is -0.465 e. The molecule has 1 aromatic rings. The number of pyridine rings is 1. The van der Waals surface area contributed by atoms with Crippen molar-refractivity contribution in [2.75, 3.05) is 39.8 Å². The molecular formula is C16H25N3O2. The third kappa shape index (κ3) is 4.79. The van der Waals surface area contributed by atoms with Crippen LogP contribution in [0.1, 0.15) is 29.8 Å². The molecule has 0 saturated carbocycles. The maximum atomic E-state index is 11.5. The van der Waals surface area contributed by atoms with Gasteiger partial charge in [0.15, 0.2) is 0 Å². The van der Waals surface area contributed by atoms with Gasteiger partial charge in [0.2, 0.25) is 0 Å². The van der Waals surface area contributed by atoms with Crippen LogP contribution < -0.4 is 0 Å². The van der Waals surface area contributed by atoms with E-state index in [1.807, 2.05) is 12.3 Å². The van der Waals surface area contributed by atoms with Crippen molar-refractivity contribution < 1.29 is 9.53 Å². The molecule has 1 saturated heterocycles. The third-order valence-electron chi connectivity index (χ3n) is 3.71. The van der Waals surface area contributed by atoms with Crippen molar-refractivity contribution >= 4 is 5.97 Å². The van der Waals surface area contributed by atoms with Crippen molar-refractivity contribution in [1.82, 2.24) is 14.8 Å². The van der Waals surface area contributed by atoms with Gasteiger partial charge in [-0.3, -0.25) is 9.88 Å². The van der Waals surface area contributed by atoms with E-state index in [9.17, 15) is 4.79 Å². The lowest BCUT2D eigenvalue weighted by atomic mass is 10.1. The predicted molar refractivity (Wildman–Crippen MR) is 82.1 cm³/mol. The summed E-state index contributed by atoms with van der Waals surface area (Å²) >= 11 is 0. The number of aromatic nitrogens is 1. The highest BCUT2D eigenvalue weighted by Gasteiger charge is 2.18. The van der Waals surface area contributed by atoms with E-state index >= 15 is 0 Å². The van der Waals surface area contributed by atoms with Gasteiger partial charge in [-0.1, -0.05) is 13.8 Å². The summed E-state index contributed by atoms with van der Waals surface area (Å²) in [5, 5.41) is 0. The summed E-state index contributed by atoms with van der Waals surface area (Å²) in [6.07, 6.45) is 3.38. The number of carbonyl (C=O) groups excluding carboxylic acids is 1. The molecule has 0 N–H and O–H groups in total. The first kappa shape index (κ1) is 15.9. The molecule has 0 aliphatic carbocycles. The zero-order chi connectivity index (χ0) is 15.2. The van der Waals surface area contributed by atoms with Crippen LogP contribution >= 0.6 is 0 Å². The van der Waals surface area contributed by atoms with Crippen molar-refractivity contribution in [3.8, 4) is 0 Å². The van der Waals surface area contributed by atoms with Crippen molar-refractivity contribution in [3.63, 3.8) is 0 Å². The zero-order valence-corrected chi connectivity index (χ0v) is 13.2. The minimum atomic E-state index is -0.328. The summed E-state index contributed by atoms with van der Waals surface area (Å²) in [4.78, 5) is 20.6. The van der Waals surface area contributed by atoms with Crippen molar-refractivity contribution in [3.05, 3.63) is 29.6 Å². The number of nitrogens with zero attached hydrogens (tertiary/aromatic N) is 3. The molecule has 1 fully saturated rings. The number of esters is 1. The molecule has 0 aromatic carbocycles. The van der Waals surface area contributed by atoms with E-state index in [0.717, 1.165) is 44.2 Å². The van der Waals surface area contributed by atoms with Gasteiger partial charge in [0, 0.05) is 51.7 Å². The molecule has 1 aliphatic heterocycles. The second kappa shape index (κ2) is 7.52. The summed E-state index contributed by atoms with van der Waals surface area (Å²) in [6.45, 7) is 10.9. The first-order valence-electron chi connectivity index (χ1n) is 7.55. The first-order chi connectivity index (χ1) is 10.1. The van der Waals surface area contributed by atoms with Gasteiger partial charge < -0.3 is 9.64 Å². The molecule has 5 nitrogen and oxygen atoms in total. The Labute approximate surface area is 126 Å². The molecule has 0 atom stereocenters. The van der Waals surface area contributed by atoms with Gasteiger partial charge in [-0.15, -0.1) is 0 Å². The van der Waals surface area contributed by atoms with Crippen LogP contribution in [0.15, 0.2) is 18.5 Å². The third-order valence-corrected chi connectivity index (χ3v) is 3.71. The number of piperazine rings is 1. The van der Waals surface area contributed by atoms with Gasteiger partial charge in [-0.05, 0) is 17.5 Å². The molecule has 1 aromatic heterocycles. The molecular weight excluding hydrogens is 266 g/mol. The second-order valence-corrected chi connectivity index (χ2v) is 6.04. The van der Waals surface area contributed by atoms with Gasteiger partial charge in [0.05, 0.1) is 12.7 Å². The number of carbonyl (C=O) groups is 1. The highest BCUT2D eigenvalue weighted by Crippen LogP contribution is 2.11. The number of methoxy groups -OCH3 is 1. The van der Waals surface area contributed by atoms with Crippen LogP contribution in [-0.2, 0) is 11.3 Å². The molecule has 1 aliphatic rings. The van der Waals surface area contributed by atoms with E-state index in [0.29, 0.717) is 5.56 Å². The second-order valence-electron chi connectivity index (χ2n) is 6.04. The van der Waals surface area contributed by atoms with Gasteiger partial charge in [0.25, 0.3) is 0 Å². The molecule has 21 heavy (non-hydrogen) atoms. The Morgan fingerprint density at radius 3 is 2.52 bits per heavy atom. The average molecular weight is 291 g/mol. The fraction of sp³-hybridized carbons (Fsp3) is 0.625. The maximum Gasteiger partial charge on any atom is 0.339 e. The van der Waals surface area contributed by atoms with Crippen LogP contribution in [0.3, 0.4) is 0 Å². The highest BCUT2D eigenvalue weighted by molar-refractivity contribution is 5.89. The van der Waals surface area contributed by atoms with Crippen molar-refractivity contribution in [1.29, 1.82) is 0 Å². The number of ether oxygens (including phenoxy) is 1. The Bertz CT molecular complexity index is 468. The van der Waals surface area contributed by atoms with Gasteiger partial charge in [-0.25, -0.2) is 4.79 Å². The number of hydrogen-bond donors (Lipinski definition) is 0. The largest absolute Gasteiger partial charge is 0.465 e. The SMILES string of the molecule is COC(=O)c1cncc(CN2CCN(CC(C)C)CC2)c1. The molecule has 2 rings (SSSR count). The lowest BCUT2D eigenvalue weighted by molar-refractivity contribution is 0.0600. The highest BCUT2D eigenvalue weighted by atomic mass is 16.5. The van der Waals surface area contributed by atoms with Crippen LogP contribution in [-0.4, -0.2) is 60.6 Å². The molecule has 0 unspecified atom stereocenters. The monoisotopic (exact) mass is 291 g/mol. The standard InChI is InChI=1S/C16H25N3O2/c1-13(2)11-18-4-6-19(7-5-18)12-14-8-15(10-17-9-14)16(20)21-3/h8-10,13H,4-7,11-12H2,1-3H3. The summed E-state index contributed by atoms with van der Waals surface area (Å²) in [6, 6.07) is 1.87. The van der Waals surface area contributed by atoms with E-state index < -0.39 is 0 Å². The molecule has 2 heterocycles. The lowest BCUT2D eigenvalue weighted by Crippen LogP contribution is -2.46. The Morgan fingerprint density at radius 2 is 1.90 bits per heavy atom. The molecule has 116 valence electrons. The zero-order valence-electron chi connectivity index (χ0n) is 13.2. The molecule has 5 heteroatoms. The van der Waals surface area contributed by atoms with Gasteiger partial charge >= 0.3 is 5.97 Å². The molecule has 0 bridgehead atoms. The quantitative estimate of drug-likeness (QED) is 0.772. The number of rotatable bonds is 5. The van der Waals surface area contributed by atoms with Crippen molar-refractivity contribution in [2.24, 2.45) is 5.92 Å². The van der Waals surface area contributed by atoms with Crippen LogP contribution in [0.5, 0.6) is 0 Å². The maximum absolute atomic E-state index is 11.5. The van der Waals surface area contributed by atoms with Gasteiger partial charge in [0.1, 0.15) is 0 Å². The number of hydrogen-bond acceptors (Lipinski definition) is 5. The normalized spacial score (nSPS) is 17.1. The van der Waals surface area contributed by atoms with Crippen LogP contribution in [0.2, 0.25) is 0 Å². The smallest absolute Gasteiger partial charge is 0.339 e. The average Bonchev–Trinajstić information content (AvgIpc) is 2.48. The van der Waals surface area contributed by atoms with E-state index in [4.69, 9.17) is 4.74 Å².